The summed E-state index contributed by atoms with van der Waals surface area (Å²) >= 11 is 0. The number of phenolic OH excluding ortho intramolecular Hbond substituents is 1. The zero-order valence-electron chi connectivity index (χ0n) is 13.8. The molecule has 1 amide bonds. The van der Waals surface area contributed by atoms with Crippen LogP contribution in [-0.4, -0.2) is 56.9 Å². The maximum absolute atomic E-state index is 11.9. The molecule has 7 nitrogen and oxygen atoms in total. The van der Waals surface area contributed by atoms with E-state index >= 15 is 0 Å². The van der Waals surface area contributed by atoms with Crippen LogP contribution in [0.15, 0.2) is 29.3 Å². The quantitative estimate of drug-likeness (QED) is 0.305. The van der Waals surface area contributed by atoms with E-state index < -0.39 is 0 Å². The third kappa shape index (κ3) is 8.06. The monoisotopic (exact) mass is 322 g/mol. The van der Waals surface area contributed by atoms with Crippen LogP contribution in [0.3, 0.4) is 0 Å². The number of ether oxygens (including phenoxy) is 1. The second kappa shape index (κ2) is 11.3. The number of carbonyl (C=O) groups excluding carboxylic acids is 1. The molecule has 1 aromatic rings. The number of nitrogens with one attached hydrogen (secondary N) is 3. The summed E-state index contributed by atoms with van der Waals surface area (Å²) in [6, 6.07) is 6.28. The first-order valence-electron chi connectivity index (χ1n) is 7.75. The van der Waals surface area contributed by atoms with Gasteiger partial charge in [0.05, 0.1) is 6.61 Å². The Hall–Kier alpha value is -2.28. The Balaban J connectivity index is 2.29. The summed E-state index contributed by atoms with van der Waals surface area (Å²) in [4.78, 5) is 16.3. The molecule has 128 valence electrons. The van der Waals surface area contributed by atoms with Gasteiger partial charge in [-0.2, -0.15) is 0 Å². The lowest BCUT2D eigenvalue weighted by Gasteiger charge is -2.10. The molecule has 0 aliphatic heterocycles. The fraction of sp³-hybridized carbons (Fsp3) is 0.500. The summed E-state index contributed by atoms with van der Waals surface area (Å²) in [5.74, 6) is 0.624. The lowest BCUT2D eigenvalue weighted by molar-refractivity contribution is 0.0953. The van der Waals surface area contributed by atoms with Crippen LogP contribution >= 0.6 is 0 Å². The van der Waals surface area contributed by atoms with Gasteiger partial charge in [0.15, 0.2) is 5.96 Å². The van der Waals surface area contributed by atoms with Gasteiger partial charge in [-0.3, -0.25) is 9.79 Å². The summed E-state index contributed by atoms with van der Waals surface area (Å²) in [7, 11) is 1.65. The SMILES string of the molecule is CCNC(=NCCCNC(=O)c1cccc(O)c1)NCCOC. The molecule has 1 rings (SSSR count). The minimum absolute atomic E-state index is 0.0830. The van der Waals surface area contributed by atoms with Crippen molar-refractivity contribution in [1.29, 1.82) is 0 Å². The van der Waals surface area contributed by atoms with Crippen LogP contribution in [0.2, 0.25) is 0 Å². The van der Waals surface area contributed by atoms with Crippen LogP contribution in [-0.2, 0) is 4.74 Å². The van der Waals surface area contributed by atoms with E-state index in [1.165, 1.54) is 12.1 Å². The molecule has 0 heterocycles. The minimum Gasteiger partial charge on any atom is -0.508 e. The highest BCUT2D eigenvalue weighted by molar-refractivity contribution is 5.94. The lowest BCUT2D eigenvalue weighted by atomic mass is 10.2. The van der Waals surface area contributed by atoms with Gasteiger partial charge in [-0.25, -0.2) is 0 Å². The summed E-state index contributed by atoms with van der Waals surface area (Å²) in [6.07, 6.45) is 0.728. The first kappa shape index (κ1) is 18.8. The maximum Gasteiger partial charge on any atom is 0.251 e. The molecule has 0 unspecified atom stereocenters. The number of nitrogens with zero attached hydrogens (tertiary/aromatic N) is 1. The molecule has 0 spiro atoms. The number of benzene rings is 1. The Morgan fingerprint density at radius 1 is 1.26 bits per heavy atom. The Bertz CT molecular complexity index is 506. The topological polar surface area (TPSA) is 95.0 Å². The normalized spacial score (nSPS) is 11.1. The van der Waals surface area contributed by atoms with E-state index in [2.05, 4.69) is 20.9 Å². The molecular formula is C16H26N4O3. The van der Waals surface area contributed by atoms with E-state index in [1.54, 1.807) is 19.2 Å². The van der Waals surface area contributed by atoms with E-state index in [0.717, 1.165) is 18.9 Å². The van der Waals surface area contributed by atoms with Crippen molar-refractivity contribution in [2.45, 2.75) is 13.3 Å². The molecule has 0 aromatic heterocycles. The zero-order valence-corrected chi connectivity index (χ0v) is 13.8. The van der Waals surface area contributed by atoms with Gasteiger partial charge in [0.1, 0.15) is 5.75 Å². The number of aliphatic imine (C=N–C) groups is 1. The highest BCUT2D eigenvalue weighted by Gasteiger charge is 2.04. The van der Waals surface area contributed by atoms with Crippen LogP contribution < -0.4 is 16.0 Å². The van der Waals surface area contributed by atoms with Crippen molar-refractivity contribution >= 4 is 11.9 Å². The van der Waals surface area contributed by atoms with Crippen molar-refractivity contribution < 1.29 is 14.6 Å². The number of guanidine groups is 1. The molecular weight excluding hydrogens is 296 g/mol. The van der Waals surface area contributed by atoms with Gasteiger partial charge in [-0.15, -0.1) is 0 Å². The summed E-state index contributed by atoms with van der Waals surface area (Å²) < 4.78 is 4.98. The summed E-state index contributed by atoms with van der Waals surface area (Å²) in [5.41, 5.74) is 0.447. The number of amides is 1. The third-order valence-corrected chi connectivity index (χ3v) is 2.94. The number of rotatable bonds is 9. The second-order valence-electron chi connectivity index (χ2n) is 4.84. The summed E-state index contributed by atoms with van der Waals surface area (Å²) in [6.45, 7) is 5.22. The average molecular weight is 322 g/mol. The van der Waals surface area contributed by atoms with Crippen LogP contribution in [0.4, 0.5) is 0 Å². The first-order valence-corrected chi connectivity index (χ1v) is 7.75. The smallest absolute Gasteiger partial charge is 0.251 e. The van der Waals surface area contributed by atoms with E-state index in [9.17, 15) is 9.90 Å². The van der Waals surface area contributed by atoms with Gasteiger partial charge in [0.25, 0.3) is 5.91 Å². The Kier molecular flexibility index (Phi) is 9.23. The van der Waals surface area contributed by atoms with Gasteiger partial charge in [0, 0.05) is 38.9 Å². The molecule has 0 fully saturated rings. The number of carbonyl (C=O) groups is 1. The minimum atomic E-state index is -0.199. The molecule has 0 atom stereocenters. The predicted molar refractivity (Wildman–Crippen MR) is 90.9 cm³/mol. The molecule has 0 bridgehead atoms. The maximum atomic E-state index is 11.9. The van der Waals surface area contributed by atoms with Gasteiger partial charge < -0.3 is 25.8 Å². The van der Waals surface area contributed by atoms with Crippen molar-refractivity contribution in [1.82, 2.24) is 16.0 Å². The molecule has 0 saturated heterocycles. The number of phenols is 1. The van der Waals surface area contributed by atoms with E-state index in [1.807, 2.05) is 6.92 Å². The first-order chi connectivity index (χ1) is 11.2. The fourth-order valence-corrected chi connectivity index (χ4v) is 1.83. The molecule has 0 radical (unpaired) electrons. The highest BCUT2D eigenvalue weighted by atomic mass is 16.5. The summed E-state index contributed by atoms with van der Waals surface area (Å²) in [5, 5.41) is 18.4. The van der Waals surface area contributed by atoms with Crippen LogP contribution in [0.5, 0.6) is 5.75 Å². The van der Waals surface area contributed by atoms with Gasteiger partial charge in [-0.05, 0) is 31.5 Å². The molecule has 4 N–H and O–H groups in total. The predicted octanol–water partition coefficient (Wildman–Crippen LogP) is 0.714. The number of aromatic hydroxyl groups is 1. The van der Waals surface area contributed by atoms with Crippen molar-refractivity contribution in [3.8, 4) is 5.75 Å². The third-order valence-electron chi connectivity index (χ3n) is 2.94. The number of methoxy groups -OCH3 is 1. The Morgan fingerprint density at radius 2 is 2.09 bits per heavy atom. The van der Waals surface area contributed by atoms with Crippen molar-refractivity contribution in [2.24, 2.45) is 4.99 Å². The fourth-order valence-electron chi connectivity index (χ4n) is 1.83. The van der Waals surface area contributed by atoms with Crippen molar-refractivity contribution in [2.75, 3.05) is 39.9 Å². The molecule has 23 heavy (non-hydrogen) atoms. The Morgan fingerprint density at radius 3 is 2.78 bits per heavy atom. The van der Waals surface area contributed by atoms with E-state index in [4.69, 9.17) is 4.74 Å². The number of hydrogen-bond acceptors (Lipinski definition) is 4. The highest BCUT2D eigenvalue weighted by Crippen LogP contribution is 2.10. The molecule has 0 aliphatic rings. The lowest BCUT2D eigenvalue weighted by Crippen LogP contribution is -2.39. The zero-order chi connectivity index (χ0) is 16.9. The van der Waals surface area contributed by atoms with Crippen LogP contribution in [0.1, 0.15) is 23.7 Å². The van der Waals surface area contributed by atoms with Gasteiger partial charge >= 0.3 is 0 Å². The molecule has 0 aliphatic carbocycles. The van der Waals surface area contributed by atoms with Crippen LogP contribution in [0.25, 0.3) is 0 Å². The molecule has 1 aromatic carbocycles. The van der Waals surface area contributed by atoms with E-state index in [-0.39, 0.29) is 11.7 Å². The molecule has 7 heteroatoms. The second-order valence-corrected chi connectivity index (χ2v) is 4.84. The van der Waals surface area contributed by atoms with Gasteiger partial charge in [0.2, 0.25) is 0 Å². The molecule has 0 saturated carbocycles. The largest absolute Gasteiger partial charge is 0.508 e. The van der Waals surface area contributed by atoms with Crippen LogP contribution in [0, 0.1) is 0 Å². The van der Waals surface area contributed by atoms with Crippen molar-refractivity contribution in [3.05, 3.63) is 29.8 Å². The number of hydrogen-bond donors (Lipinski definition) is 4. The van der Waals surface area contributed by atoms with E-state index in [0.29, 0.717) is 31.8 Å². The average Bonchev–Trinajstić information content (AvgIpc) is 2.54. The van der Waals surface area contributed by atoms with Gasteiger partial charge in [-0.1, -0.05) is 6.07 Å². The van der Waals surface area contributed by atoms with Crippen molar-refractivity contribution in [3.63, 3.8) is 0 Å². The Labute approximate surface area is 137 Å². The standard InChI is InChI=1S/C16H26N4O3/c1-3-17-16(20-10-11-23-2)19-9-5-8-18-15(22)13-6-4-7-14(21)12-13/h4,6-7,12,21H,3,5,8-11H2,1-2H3,(H,18,22)(H2,17,19,20).